The Morgan fingerprint density at radius 2 is 2.12 bits per heavy atom. The van der Waals surface area contributed by atoms with E-state index in [0.29, 0.717) is 13.1 Å². The maximum Gasteiger partial charge on any atom is 0.224 e. The van der Waals surface area contributed by atoms with Crippen LogP contribution in [0.3, 0.4) is 0 Å². The molecule has 0 saturated carbocycles. The molecule has 0 aromatic heterocycles. The van der Waals surface area contributed by atoms with Gasteiger partial charge in [-0.2, -0.15) is 0 Å². The highest BCUT2D eigenvalue weighted by Gasteiger charge is 2.31. The molecular weight excluding hydrogens is 240 g/mol. The van der Waals surface area contributed by atoms with Crippen molar-refractivity contribution in [1.82, 2.24) is 9.62 Å². The highest BCUT2D eigenvalue weighted by molar-refractivity contribution is 7.89. The van der Waals surface area contributed by atoms with Gasteiger partial charge in [0.15, 0.2) is 0 Å². The van der Waals surface area contributed by atoms with Gasteiger partial charge in [-0.15, -0.1) is 0 Å². The number of hydrogen-bond donors (Lipinski definition) is 1. The number of nitrogens with one attached hydrogen (secondary N) is 1. The second-order valence-corrected chi connectivity index (χ2v) is 7.02. The van der Waals surface area contributed by atoms with Crippen LogP contribution >= 0.6 is 0 Å². The lowest BCUT2D eigenvalue weighted by atomic mass is 9.98. The molecule has 1 aliphatic rings. The number of piperidine rings is 1. The molecule has 1 aliphatic heterocycles. The first-order valence-electron chi connectivity index (χ1n) is 6.15. The molecule has 0 unspecified atom stereocenters. The molecule has 5 nitrogen and oxygen atoms in total. The van der Waals surface area contributed by atoms with Crippen molar-refractivity contribution in [3.63, 3.8) is 0 Å². The minimum atomic E-state index is -3.16. The summed E-state index contributed by atoms with van der Waals surface area (Å²) in [5.41, 5.74) is 0. The van der Waals surface area contributed by atoms with E-state index in [9.17, 15) is 13.2 Å². The molecule has 17 heavy (non-hydrogen) atoms. The molecule has 0 aliphatic carbocycles. The SMILES string of the molecule is CCS(=O)(=O)N1CCC[C@@H](C(=O)NC(C)C)C1. The third kappa shape index (κ3) is 3.96. The molecule has 100 valence electrons. The standard InChI is InChI=1S/C11H22N2O3S/c1-4-17(15,16)13-7-5-6-10(8-13)11(14)12-9(2)3/h9-10H,4-8H2,1-3H3,(H,12,14)/t10-/m1/s1. The number of carbonyl (C=O) groups is 1. The van der Waals surface area contributed by atoms with Crippen molar-refractivity contribution in [3.05, 3.63) is 0 Å². The Hall–Kier alpha value is -0.620. The van der Waals surface area contributed by atoms with E-state index in [2.05, 4.69) is 5.32 Å². The van der Waals surface area contributed by atoms with E-state index in [1.165, 1.54) is 4.31 Å². The van der Waals surface area contributed by atoms with E-state index in [4.69, 9.17) is 0 Å². The van der Waals surface area contributed by atoms with Crippen LogP contribution in [0.5, 0.6) is 0 Å². The summed E-state index contributed by atoms with van der Waals surface area (Å²) < 4.78 is 24.9. The van der Waals surface area contributed by atoms with E-state index in [1.807, 2.05) is 13.8 Å². The van der Waals surface area contributed by atoms with Crippen LogP contribution in [0, 0.1) is 5.92 Å². The summed E-state index contributed by atoms with van der Waals surface area (Å²) in [5.74, 6) is -0.130. The van der Waals surface area contributed by atoms with Crippen LogP contribution < -0.4 is 5.32 Å². The van der Waals surface area contributed by atoms with Gasteiger partial charge in [0.2, 0.25) is 15.9 Å². The maximum atomic E-state index is 11.8. The van der Waals surface area contributed by atoms with Crippen LogP contribution in [-0.2, 0) is 14.8 Å². The van der Waals surface area contributed by atoms with Crippen molar-refractivity contribution in [2.24, 2.45) is 5.92 Å². The average molecular weight is 262 g/mol. The highest BCUT2D eigenvalue weighted by Crippen LogP contribution is 2.19. The molecule has 0 radical (unpaired) electrons. The van der Waals surface area contributed by atoms with Crippen molar-refractivity contribution in [2.45, 2.75) is 39.7 Å². The molecule has 1 fully saturated rings. The summed E-state index contributed by atoms with van der Waals surface area (Å²) >= 11 is 0. The number of sulfonamides is 1. The van der Waals surface area contributed by atoms with Crippen molar-refractivity contribution in [3.8, 4) is 0 Å². The second kappa shape index (κ2) is 5.82. The van der Waals surface area contributed by atoms with Crippen LogP contribution in [-0.4, -0.2) is 43.5 Å². The summed E-state index contributed by atoms with van der Waals surface area (Å²) in [7, 11) is -3.16. The fraction of sp³-hybridized carbons (Fsp3) is 0.909. The van der Waals surface area contributed by atoms with Crippen LogP contribution in [0.25, 0.3) is 0 Å². The fourth-order valence-corrected chi connectivity index (χ4v) is 3.17. The Bertz CT molecular complexity index is 365. The fourth-order valence-electron chi connectivity index (χ4n) is 1.99. The molecule has 1 amide bonds. The Morgan fingerprint density at radius 1 is 1.47 bits per heavy atom. The third-order valence-corrected chi connectivity index (χ3v) is 4.79. The summed E-state index contributed by atoms with van der Waals surface area (Å²) in [6.07, 6.45) is 1.53. The minimum Gasteiger partial charge on any atom is -0.354 e. The largest absolute Gasteiger partial charge is 0.354 e. The summed E-state index contributed by atoms with van der Waals surface area (Å²) in [6, 6.07) is 0.0978. The predicted molar refractivity (Wildman–Crippen MR) is 67.0 cm³/mol. The average Bonchev–Trinajstić information content (AvgIpc) is 2.28. The lowest BCUT2D eigenvalue weighted by Crippen LogP contribution is -2.47. The Balaban J connectivity index is 2.64. The van der Waals surface area contributed by atoms with Gasteiger partial charge in [-0.3, -0.25) is 4.79 Å². The number of amides is 1. The molecule has 0 aromatic carbocycles. The maximum absolute atomic E-state index is 11.8. The van der Waals surface area contributed by atoms with Gasteiger partial charge in [0.05, 0.1) is 11.7 Å². The van der Waals surface area contributed by atoms with Crippen molar-refractivity contribution in [2.75, 3.05) is 18.8 Å². The molecule has 1 saturated heterocycles. The van der Waals surface area contributed by atoms with Gasteiger partial charge < -0.3 is 5.32 Å². The first kappa shape index (κ1) is 14.4. The molecule has 0 bridgehead atoms. The minimum absolute atomic E-state index is 0.0315. The number of rotatable bonds is 4. The number of carbonyl (C=O) groups excluding carboxylic acids is 1. The van der Waals surface area contributed by atoms with E-state index < -0.39 is 10.0 Å². The Labute approximate surface area is 104 Å². The van der Waals surface area contributed by atoms with E-state index >= 15 is 0 Å². The van der Waals surface area contributed by atoms with Gasteiger partial charge in [-0.1, -0.05) is 0 Å². The predicted octanol–water partition coefficient (Wildman–Crippen LogP) is 0.573. The highest BCUT2D eigenvalue weighted by atomic mass is 32.2. The topological polar surface area (TPSA) is 66.5 Å². The monoisotopic (exact) mass is 262 g/mol. The molecular formula is C11H22N2O3S. The Kier molecular flexibility index (Phi) is 4.94. The molecule has 1 atom stereocenters. The third-order valence-electron chi connectivity index (χ3n) is 2.94. The second-order valence-electron chi connectivity index (χ2n) is 4.76. The van der Waals surface area contributed by atoms with E-state index in [-0.39, 0.29) is 23.6 Å². The summed E-state index contributed by atoms with van der Waals surface area (Å²) in [5, 5.41) is 2.84. The molecule has 6 heteroatoms. The lowest BCUT2D eigenvalue weighted by Gasteiger charge is -2.31. The Morgan fingerprint density at radius 3 is 2.65 bits per heavy atom. The summed E-state index contributed by atoms with van der Waals surface area (Å²) in [6.45, 7) is 6.31. The van der Waals surface area contributed by atoms with Crippen LogP contribution in [0.2, 0.25) is 0 Å². The quantitative estimate of drug-likeness (QED) is 0.805. The van der Waals surface area contributed by atoms with Gasteiger partial charge in [0.25, 0.3) is 0 Å². The van der Waals surface area contributed by atoms with Gasteiger partial charge in [0.1, 0.15) is 0 Å². The molecule has 0 aromatic rings. The van der Waals surface area contributed by atoms with Crippen molar-refractivity contribution in [1.29, 1.82) is 0 Å². The number of hydrogen-bond acceptors (Lipinski definition) is 3. The molecule has 1 rings (SSSR count). The lowest BCUT2D eigenvalue weighted by molar-refractivity contribution is -0.126. The number of nitrogens with zero attached hydrogens (tertiary/aromatic N) is 1. The molecule has 0 spiro atoms. The van der Waals surface area contributed by atoms with Gasteiger partial charge >= 0.3 is 0 Å². The van der Waals surface area contributed by atoms with Gasteiger partial charge in [0, 0.05) is 19.1 Å². The van der Waals surface area contributed by atoms with Crippen molar-refractivity contribution < 1.29 is 13.2 Å². The van der Waals surface area contributed by atoms with Crippen molar-refractivity contribution >= 4 is 15.9 Å². The normalized spacial score (nSPS) is 22.7. The first-order chi connectivity index (χ1) is 7.86. The smallest absolute Gasteiger partial charge is 0.224 e. The first-order valence-corrected chi connectivity index (χ1v) is 7.76. The van der Waals surface area contributed by atoms with E-state index in [0.717, 1.165) is 12.8 Å². The molecule has 1 N–H and O–H groups in total. The van der Waals surface area contributed by atoms with Crippen LogP contribution in [0.1, 0.15) is 33.6 Å². The zero-order valence-corrected chi connectivity index (χ0v) is 11.6. The van der Waals surface area contributed by atoms with Crippen LogP contribution in [0.4, 0.5) is 0 Å². The van der Waals surface area contributed by atoms with Gasteiger partial charge in [-0.05, 0) is 33.6 Å². The zero-order valence-electron chi connectivity index (χ0n) is 10.8. The van der Waals surface area contributed by atoms with Gasteiger partial charge in [-0.25, -0.2) is 12.7 Å². The molecule has 1 heterocycles. The van der Waals surface area contributed by atoms with E-state index in [1.54, 1.807) is 6.92 Å². The summed E-state index contributed by atoms with van der Waals surface area (Å²) in [4.78, 5) is 11.8. The van der Waals surface area contributed by atoms with Crippen LogP contribution in [0.15, 0.2) is 0 Å². The zero-order chi connectivity index (χ0) is 13.1.